The van der Waals surface area contributed by atoms with Gasteiger partial charge < -0.3 is 15.7 Å². The van der Waals surface area contributed by atoms with Crippen LogP contribution in [0.15, 0.2) is 18.2 Å². The maximum Gasteiger partial charge on any atom is 0.251 e. The molecule has 1 aliphatic rings. The van der Waals surface area contributed by atoms with Gasteiger partial charge in [-0.1, -0.05) is 19.9 Å². The third kappa shape index (κ3) is 4.55. The van der Waals surface area contributed by atoms with Crippen molar-refractivity contribution in [1.82, 2.24) is 10.6 Å². The Morgan fingerprint density at radius 3 is 2.90 bits per heavy atom. The van der Waals surface area contributed by atoms with Crippen LogP contribution in [0.1, 0.15) is 48.7 Å². The smallest absolute Gasteiger partial charge is 0.251 e. The number of benzene rings is 1. The van der Waals surface area contributed by atoms with Crippen LogP contribution in [0.4, 0.5) is 0 Å². The first-order valence-corrected chi connectivity index (χ1v) is 7.70. The summed E-state index contributed by atoms with van der Waals surface area (Å²) in [6.07, 6.45) is 1.68. The van der Waals surface area contributed by atoms with E-state index in [0.29, 0.717) is 17.9 Å². The Morgan fingerprint density at radius 2 is 2.19 bits per heavy atom. The van der Waals surface area contributed by atoms with Gasteiger partial charge in [0.1, 0.15) is 0 Å². The zero-order valence-corrected chi connectivity index (χ0v) is 13.2. The average molecular weight is 290 g/mol. The maximum absolute atomic E-state index is 12.2. The summed E-state index contributed by atoms with van der Waals surface area (Å²) in [5.41, 5.74) is 2.32. The topological polar surface area (TPSA) is 61.4 Å². The Kier molecular flexibility index (Phi) is 5.01. The molecule has 0 fully saturated rings. The Balaban J connectivity index is 1.97. The molecule has 0 radical (unpaired) electrons. The summed E-state index contributed by atoms with van der Waals surface area (Å²) in [5.74, 6) is 0.277. The highest BCUT2D eigenvalue weighted by molar-refractivity contribution is 5.94. The van der Waals surface area contributed by atoms with Gasteiger partial charge in [0, 0.05) is 18.7 Å². The number of hydrogen-bond donors (Lipinski definition) is 3. The van der Waals surface area contributed by atoms with Gasteiger partial charge in [0.2, 0.25) is 0 Å². The molecule has 1 amide bonds. The third-order valence-corrected chi connectivity index (χ3v) is 3.83. The fourth-order valence-corrected chi connectivity index (χ4v) is 2.95. The van der Waals surface area contributed by atoms with E-state index in [1.807, 2.05) is 18.2 Å². The molecule has 1 atom stereocenters. The number of rotatable bonds is 5. The van der Waals surface area contributed by atoms with E-state index in [1.54, 1.807) is 6.92 Å². The van der Waals surface area contributed by atoms with Gasteiger partial charge in [-0.3, -0.25) is 4.79 Å². The van der Waals surface area contributed by atoms with Gasteiger partial charge in [-0.05, 0) is 55.5 Å². The van der Waals surface area contributed by atoms with Gasteiger partial charge in [0.15, 0.2) is 0 Å². The van der Waals surface area contributed by atoms with Crippen molar-refractivity contribution in [3.63, 3.8) is 0 Å². The molecule has 0 aliphatic carbocycles. The summed E-state index contributed by atoms with van der Waals surface area (Å²) < 4.78 is 0. The standard InChI is InChI=1S/C17H26N2O2/c1-12(2)9-17(3,21)11-19-16(20)14-5-4-13-6-7-18-10-15(13)8-14/h4-5,8,12,18,21H,6-7,9-11H2,1-3H3,(H,19,20). The lowest BCUT2D eigenvalue weighted by Crippen LogP contribution is -2.41. The molecule has 0 spiro atoms. The number of hydrogen-bond acceptors (Lipinski definition) is 3. The van der Waals surface area contributed by atoms with Crippen LogP contribution in [-0.2, 0) is 13.0 Å². The predicted octanol–water partition coefficient (Wildman–Crippen LogP) is 1.86. The van der Waals surface area contributed by atoms with Gasteiger partial charge >= 0.3 is 0 Å². The van der Waals surface area contributed by atoms with E-state index in [0.717, 1.165) is 19.5 Å². The van der Waals surface area contributed by atoms with Crippen molar-refractivity contribution in [2.45, 2.75) is 45.8 Å². The van der Waals surface area contributed by atoms with Crippen molar-refractivity contribution in [1.29, 1.82) is 0 Å². The lowest BCUT2D eigenvalue weighted by atomic mass is 9.94. The molecule has 1 unspecified atom stereocenters. The molecule has 1 heterocycles. The van der Waals surface area contributed by atoms with Crippen molar-refractivity contribution in [3.05, 3.63) is 34.9 Å². The molecule has 4 nitrogen and oxygen atoms in total. The molecule has 1 aliphatic heterocycles. The molecule has 116 valence electrons. The lowest BCUT2D eigenvalue weighted by Gasteiger charge is -2.25. The summed E-state index contributed by atoms with van der Waals surface area (Å²) in [6.45, 7) is 7.99. The third-order valence-electron chi connectivity index (χ3n) is 3.83. The molecule has 3 N–H and O–H groups in total. The first-order chi connectivity index (χ1) is 9.87. The van der Waals surface area contributed by atoms with Crippen LogP contribution in [0.3, 0.4) is 0 Å². The fourth-order valence-electron chi connectivity index (χ4n) is 2.95. The SMILES string of the molecule is CC(C)CC(C)(O)CNC(=O)c1ccc2c(c1)CNCC2. The van der Waals surface area contributed by atoms with Crippen LogP contribution >= 0.6 is 0 Å². The Morgan fingerprint density at radius 1 is 1.43 bits per heavy atom. The number of amides is 1. The number of nitrogens with one attached hydrogen (secondary N) is 2. The van der Waals surface area contributed by atoms with E-state index < -0.39 is 5.60 Å². The summed E-state index contributed by atoms with van der Waals surface area (Å²) >= 11 is 0. The zero-order valence-electron chi connectivity index (χ0n) is 13.2. The fraction of sp³-hybridized carbons (Fsp3) is 0.588. The predicted molar refractivity (Wildman–Crippen MR) is 84.3 cm³/mol. The van der Waals surface area contributed by atoms with Crippen LogP contribution in [0.2, 0.25) is 0 Å². The van der Waals surface area contributed by atoms with E-state index in [9.17, 15) is 9.90 Å². The van der Waals surface area contributed by atoms with Crippen LogP contribution in [0.25, 0.3) is 0 Å². The summed E-state index contributed by atoms with van der Waals surface area (Å²) in [5, 5.41) is 16.4. The highest BCUT2D eigenvalue weighted by Crippen LogP contribution is 2.17. The molecule has 0 saturated heterocycles. The first-order valence-electron chi connectivity index (χ1n) is 7.70. The minimum absolute atomic E-state index is 0.118. The molecule has 21 heavy (non-hydrogen) atoms. The zero-order chi connectivity index (χ0) is 15.5. The Bertz CT molecular complexity index is 510. The second-order valence-electron chi connectivity index (χ2n) is 6.69. The van der Waals surface area contributed by atoms with Crippen molar-refractivity contribution in [3.8, 4) is 0 Å². The quantitative estimate of drug-likeness (QED) is 0.775. The van der Waals surface area contributed by atoms with Crippen molar-refractivity contribution >= 4 is 5.91 Å². The molecule has 0 saturated carbocycles. The largest absolute Gasteiger partial charge is 0.388 e. The van der Waals surface area contributed by atoms with Crippen molar-refractivity contribution in [2.75, 3.05) is 13.1 Å². The van der Waals surface area contributed by atoms with Crippen LogP contribution in [0, 0.1) is 5.92 Å². The van der Waals surface area contributed by atoms with E-state index in [2.05, 4.69) is 24.5 Å². The Hall–Kier alpha value is -1.39. The molecule has 1 aromatic carbocycles. The highest BCUT2D eigenvalue weighted by Gasteiger charge is 2.23. The van der Waals surface area contributed by atoms with Gasteiger partial charge in [-0.25, -0.2) is 0 Å². The minimum atomic E-state index is -0.862. The number of carbonyl (C=O) groups excluding carboxylic acids is 1. The highest BCUT2D eigenvalue weighted by atomic mass is 16.3. The number of aliphatic hydroxyl groups is 1. The van der Waals surface area contributed by atoms with Crippen LogP contribution < -0.4 is 10.6 Å². The Labute approximate surface area is 126 Å². The number of fused-ring (bicyclic) bond motifs is 1. The van der Waals surface area contributed by atoms with Crippen LogP contribution in [0.5, 0.6) is 0 Å². The maximum atomic E-state index is 12.2. The van der Waals surface area contributed by atoms with E-state index >= 15 is 0 Å². The molecule has 2 rings (SSSR count). The molecule has 1 aromatic rings. The average Bonchev–Trinajstić information content (AvgIpc) is 2.43. The minimum Gasteiger partial charge on any atom is -0.388 e. The molecular weight excluding hydrogens is 264 g/mol. The van der Waals surface area contributed by atoms with E-state index in [1.165, 1.54) is 11.1 Å². The van der Waals surface area contributed by atoms with E-state index in [-0.39, 0.29) is 12.5 Å². The molecule has 4 heteroatoms. The van der Waals surface area contributed by atoms with Gasteiger partial charge in [-0.15, -0.1) is 0 Å². The second kappa shape index (κ2) is 6.58. The van der Waals surface area contributed by atoms with Crippen molar-refractivity contribution in [2.24, 2.45) is 5.92 Å². The normalized spacial score (nSPS) is 17.2. The molecular formula is C17H26N2O2. The van der Waals surface area contributed by atoms with Gasteiger partial charge in [0.25, 0.3) is 5.91 Å². The summed E-state index contributed by atoms with van der Waals surface area (Å²) in [4.78, 5) is 12.2. The molecule has 0 aromatic heterocycles. The summed E-state index contributed by atoms with van der Waals surface area (Å²) in [7, 11) is 0. The van der Waals surface area contributed by atoms with Gasteiger partial charge in [-0.2, -0.15) is 0 Å². The van der Waals surface area contributed by atoms with Crippen LogP contribution in [-0.4, -0.2) is 29.7 Å². The van der Waals surface area contributed by atoms with E-state index in [4.69, 9.17) is 0 Å². The second-order valence-corrected chi connectivity index (χ2v) is 6.69. The first kappa shape index (κ1) is 16.0. The van der Waals surface area contributed by atoms with Crippen molar-refractivity contribution < 1.29 is 9.90 Å². The molecule has 0 bridgehead atoms. The van der Waals surface area contributed by atoms with Gasteiger partial charge in [0.05, 0.1) is 5.60 Å². The monoisotopic (exact) mass is 290 g/mol. The number of carbonyl (C=O) groups is 1. The summed E-state index contributed by atoms with van der Waals surface area (Å²) in [6, 6.07) is 5.86. The lowest BCUT2D eigenvalue weighted by molar-refractivity contribution is 0.0368.